The Kier molecular flexibility index (Phi) is 2.94. The molecule has 0 bridgehead atoms. The van der Waals surface area contributed by atoms with Crippen LogP contribution in [0.25, 0.3) is 0 Å². The Balaban J connectivity index is 2.75. The number of aryl methyl sites for hydroxylation is 2. The van der Waals surface area contributed by atoms with Crippen LogP contribution in [0.2, 0.25) is 0 Å². The molecule has 1 heterocycles. The van der Waals surface area contributed by atoms with Gasteiger partial charge in [0, 0.05) is 4.88 Å². The molecule has 1 aromatic rings. The summed E-state index contributed by atoms with van der Waals surface area (Å²) in [4.78, 5) is 15.3. The highest BCUT2D eigenvalue weighted by molar-refractivity contribution is 7.11. The van der Waals surface area contributed by atoms with Crippen molar-refractivity contribution in [2.75, 3.05) is 0 Å². The number of aromatic nitrogens is 1. The molecule has 0 spiro atoms. The lowest BCUT2D eigenvalue weighted by atomic mass is 10.3. The quantitative estimate of drug-likeness (QED) is 0.770. The van der Waals surface area contributed by atoms with Gasteiger partial charge in [-0.25, -0.2) is 4.98 Å². The zero-order chi connectivity index (χ0) is 10.9. The van der Waals surface area contributed by atoms with E-state index in [9.17, 15) is 18.0 Å². The van der Waals surface area contributed by atoms with Crippen LogP contribution in [0, 0.1) is 13.8 Å². The predicted molar refractivity (Wildman–Crippen MR) is 46.4 cm³/mol. The molecule has 2 nitrogen and oxygen atoms in total. The van der Waals surface area contributed by atoms with E-state index in [4.69, 9.17) is 0 Å². The number of alkyl halides is 3. The lowest BCUT2D eigenvalue weighted by Crippen LogP contribution is -2.24. The Morgan fingerprint density at radius 3 is 2.36 bits per heavy atom. The minimum absolute atomic E-state index is 0.224. The minimum atomic E-state index is -4.76. The molecular weight excluding hydrogens is 215 g/mol. The van der Waals surface area contributed by atoms with Gasteiger partial charge >= 0.3 is 6.18 Å². The molecule has 0 radical (unpaired) electrons. The maximum atomic E-state index is 11.9. The topological polar surface area (TPSA) is 30.0 Å². The maximum absolute atomic E-state index is 11.9. The molecule has 0 N–H and O–H groups in total. The first-order valence-electron chi connectivity index (χ1n) is 3.83. The molecule has 0 unspecified atom stereocenters. The van der Waals surface area contributed by atoms with Crippen molar-refractivity contribution in [2.45, 2.75) is 26.4 Å². The van der Waals surface area contributed by atoms with Gasteiger partial charge in [-0.15, -0.1) is 11.3 Å². The summed E-state index contributed by atoms with van der Waals surface area (Å²) in [6.45, 7) is 3.46. The molecule has 14 heavy (non-hydrogen) atoms. The van der Waals surface area contributed by atoms with E-state index < -0.39 is 18.4 Å². The summed E-state index contributed by atoms with van der Waals surface area (Å²) in [5.41, 5.74) is 0.681. The van der Waals surface area contributed by atoms with Crippen LogP contribution in [0.15, 0.2) is 0 Å². The first-order valence-corrected chi connectivity index (χ1v) is 4.65. The van der Waals surface area contributed by atoms with E-state index >= 15 is 0 Å². The second kappa shape index (κ2) is 3.68. The molecule has 6 heteroatoms. The number of hydrogen-bond donors (Lipinski definition) is 0. The normalized spacial score (nSPS) is 11.8. The third-order valence-electron chi connectivity index (χ3n) is 1.70. The molecule has 0 atom stereocenters. The summed E-state index contributed by atoms with van der Waals surface area (Å²) in [6.07, 6.45) is -5.41. The van der Waals surface area contributed by atoms with Crippen molar-refractivity contribution in [3.8, 4) is 0 Å². The summed E-state index contributed by atoms with van der Waals surface area (Å²) in [7, 11) is 0. The van der Waals surface area contributed by atoms with Gasteiger partial charge in [-0.2, -0.15) is 13.2 Å². The zero-order valence-electron chi connectivity index (χ0n) is 7.60. The van der Waals surface area contributed by atoms with Gasteiger partial charge in [0.05, 0.1) is 12.1 Å². The number of halogens is 3. The molecule has 0 saturated carbocycles. The van der Waals surface area contributed by atoms with Gasteiger partial charge in [-0.1, -0.05) is 0 Å². The molecule has 0 saturated heterocycles. The van der Waals surface area contributed by atoms with Crippen molar-refractivity contribution in [3.63, 3.8) is 0 Å². The van der Waals surface area contributed by atoms with Gasteiger partial charge in [0.1, 0.15) is 5.01 Å². The Bertz CT molecular complexity index is 336. The molecule has 78 valence electrons. The smallest absolute Gasteiger partial charge is 0.289 e. The largest absolute Gasteiger partial charge is 0.450 e. The van der Waals surface area contributed by atoms with Gasteiger partial charge in [-0.05, 0) is 13.8 Å². The highest BCUT2D eigenvalue weighted by Gasteiger charge is 2.38. The summed E-state index contributed by atoms with van der Waals surface area (Å²) >= 11 is 1.13. The molecule has 0 aliphatic rings. The highest BCUT2D eigenvalue weighted by atomic mass is 32.1. The summed E-state index contributed by atoms with van der Waals surface area (Å²) < 4.78 is 35.6. The maximum Gasteiger partial charge on any atom is 0.450 e. The molecule has 0 aliphatic carbocycles. The third-order valence-corrected chi connectivity index (χ3v) is 2.77. The fourth-order valence-electron chi connectivity index (χ4n) is 0.852. The number of rotatable bonds is 2. The Labute approximate surface area is 82.8 Å². The second-order valence-corrected chi connectivity index (χ2v) is 4.13. The number of carbonyl (C=O) groups is 1. The average molecular weight is 223 g/mol. The molecular formula is C8H8F3NOS. The lowest BCUT2D eigenvalue weighted by Gasteiger charge is -2.01. The first kappa shape index (κ1) is 11.2. The molecule has 0 aliphatic heterocycles. The van der Waals surface area contributed by atoms with Crippen LogP contribution in [0.1, 0.15) is 15.6 Å². The third kappa shape index (κ3) is 2.54. The number of hydrogen-bond acceptors (Lipinski definition) is 3. The van der Waals surface area contributed by atoms with Crippen molar-refractivity contribution < 1.29 is 18.0 Å². The standard InChI is InChI=1S/C8H8F3NOS/c1-4-5(2)14-7(12-4)3-6(13)8(9,10)11/h3H2,1-2H3. The highest BCUT2D eigenvalue weighted by Crippen LogP contribution is 2.22. The fourth-order valence-corrected chi connectivity index (χ4v) is 1.78. The Morgan fingerprint density at radius 1 is 1.43 bits per heavy atom. The van der Waals surface area contributed by atoms with Crippen molar-refractivity contribution in [2.24, 2.45) is 0 Å². The van der Waals surface area contributed by atoms with Crippen LogP contribution in [0.4, 0.5) is 13.2 Å². The Morgan fingerprint density at radius 2 is 2.00 bits per heavy atom. The van der Waals surface area contributed by atoms with Gasteiger partial charge in [0.2, 0.25) is 5.78 Å². The monoisotopic (exact) mass is 223 g/mol. The summed E-state index contributed by atoms with van der Waals surface area (Å²) in [5.74, 6) is -1.74. The van der Waals surface area contributed by atoms with Crippen LogP contribution in [-0.2, 0) is 11.2 Å². The molecule has 1 rings (SSSR count). The number of thiazole rings is 1. The van der Waals surface area contributed by atoms with Crippen molar-refractivity contribution in [1.29, 1.82) is 0 Å². The molecule has 0 amide bonds. The average Bonchev–Trinajstić information content (AvgIpc) is 2.29. The van der Waals surface area contributed by atoms with E-state index in [2.05, 4.69) is 4.98 Å². The van der Waals surface area contributed by atoms with Crippen molar-refractivity contribution >= 4 is 17.1 Å². The fraction of sp³-hybridized carbons (Fsp3) is 0.500. The first-order chi connectivity index (χ1) is 6.30. The lowest BCUT2D eigenvalue weighted by molar-refractivity contribution is -0.170. The Hall–Kier alpha value is -0.910. The summed E-state index contributed by atoms with van der Waals surface area (Å²) in [5, 5.41) is 0.224. The predicted octanol–water partition coefficient (Wildman–Crippen LogP) is 2.43. The van der Waals surface area contributed by atoms with Crippen LogP contribution >= 0.6 is 11.3 Å². The van der Waals surface area contributed by atoms with E-state index in [0.717, 1.165) is 16.2 Å². The van der Waals surface area contributed by atoms with E-state index in [1.807, 2.05) is 0 Å². The van der Waals surface area contributed by atoms with Crippen LogP contribution in [0.3, 0.4) is 0 Å². The van der Waals surface area contributed by atoms with Gasteiger partial charge in [0.25, 0.3) is 0 Å². The number of carbonyl (C=O) groups excluding carboxylic acids is 1. The van der Waals surface area contributed by atoms with E-state index in [-0.39, 0.29) is 5.01 Å². The van der Waals surface area contributed by atoms with Gasteiger partial charge < -0.3 is 0 Å². The number of Topliss-reactive ketones (excluding diaryl/α,β-unsaturated/α-hetero) is 1. The van der Waals surface area contributed by atoms with Crippen LogP contribution < -0.4 is 0 Å². The van der Waals surface area contributed by atoms with Crippen molar-refractivity contribution in [1.82, 2.24) is 4.98 Å². The minimum Gasteiger partial charge on any atom is -0.289 e. The van der Waals surface area contributed by atoms with Gasteiger partial charge in [0.15, 0.2) is 0 Å². The number of ketones is 1. The summed E-state index contributed by atoms with van der Waals surface area (Å²) in [6, 6.07) is 0. The van der Waals surface area contributed by atoms with Crippen LogP contribution in [-0.4, -0.2) is 16.9 Å². The molecule has 0 aromatic carbocycles. The van der Waals surface area contributed by atoms with Crippen LogP contribution in [0.5, 0.6) is 0 Å². The molecule has 1 aromatic heterocycles. The molecule has 0 fully saturated rings. The van der Waals surface area contributed by atoms with Gasteiger partial charge in [-0.3, -0.25) is 4.79 Å². The zero-order valence-corrected chi connectivity index (χ0v) is 8.42. The van der Waals surface area contributed by atoms with Crippen molar-refractivity contribution in [3.05, 3.63) is 15.6 Å². The van der Waals surface area contributed by atoms with E-state index in [1.54, 1.807) is 13.8 Å². The van der Waals surface area contributed by atoms with E-state index in [1.165, 1.54) is 0 Å². The number of nitrogens with zero attached hydrogens (tertiary/aromatic N) is 1. The second-order valence-electron chi connectivity index (χ2n) is 2.85. The SMILES string of the molecule is Cc1nc(CC(=O)C(F)(F)F)sc1C. The van der Waals surface area contributed by atoms with E-state index in [0.29, 0.717) is 5.69 Å².